The molecule has 17 heavy (non-hydrogen) atoms. The number of hydrogen-bond donors (Lipinski definition) is 0. The van der Waals surface area contributed by atoms with Crippen LogP contribution in [0.2, 0.25) is 0 Å². The van der Waals surface area contributed by atoms with Crippen molar-refractivity contribution in [1.29, 1.82) is 0 Å². The van der Waals surface area contributed by atoms with Gasteiger partial charge in [-0.3, -0.25) is 4.18 Å². The smallest absolute Gasteiger partial charge is 0.264 e. The summed E-state index contributed by atoms with van der Waals surface area (Å²) in [7, 11) is -3.33. The van der Waals surface area contributed by atoms with E-state index in [1.54, 1.807) is 0 Å². The molecule has 1 aromatic carbocycles. The molecule has 0 fully saturated rings. The average molecular weight is 258 g/mol. The minimum atomic E-state index is -3.33. The van der Waals surface area contributed by atoms with E-state index < -0.39 is 10.1 Å². The SMILES string of the molecule is CCOc1ccccc1CCCOS(C)(=O)=O. The highest BCUT2D eigenvalue weighted by molar-refractivity contribution is 7.85. The first kappa shape index (κ1) is 14.0. The van der Waals surface area contributed by atoms with Crippen LogP contribution >= 0.6 is 0 Å². The fourth-order valence-corrected chi connectivity index (χ4v) is 1.90. The molecule has 0 amide bonds. The summed E-state index contributed by atoms with van der Waals surface area (Å²) in [5.74, 6) is 0.856. The highest BCUT2D eigenvalue weighted by atomic mass is 32.2. The molecule has 0 heterocycles. The molecule has 0 N–H and O–H groups in total. The van der Waals surface area contributed by atoms with E-state index in [9.17, 15) is 8.42 Å². The Morgan fingerprint density at radius 2 is 1.94 bits per heavy atom. The van der Waals surface area contributed by atoms with Gasteiger partial charge in [0.05, 0.1) is 19.5 Å². The maximum Gasteiger partial charge on any atom is 0.264 e. The Labute approximate surface area is 103 Å². The van der Waals surface area contributed by atoms with Crippen LogP contribution in [0.25, 0.3) is 0 Å². The second-order valence-corrected chi connectivity index (χ2v) is 5.31. The zero-order valence-corrected chi connectivity index (χ0v) is 11.0. The molecule has 0 bridgehead atoms. The van der Waals surface area contributed by atoms with Crippen molar-refractivity contribution in [2.75, 3.05) is 19.5 Å². The summed E-state index contributed by atoms with van der Waals surface area (Å²) >= 11 is 0. The van der Waals surface area contributed by atoms with Crippen molar-refractivity contribution in [1.82, 2.24) is 0 Å². The molecule has 0 spiro atoms. The summed E-state index contributed by atoms with van der Waals surface area (Å²) in [5.41, 5.74) is 1.08. The zero-order valence-electron chi connectivity index (χ0n) is 10.2. The first-order valence-electron chi connectivity index (χ1n) is 5.58. The van der Waals surface area contributed by atoms with Crippen molar-refractivity contribution in [2.24, 2.45) is 0 Å². The van der Waals surface area contributed by atoms with Crippen LogP contribution in [0, 0.1) is 0 Å². The monoisotopic (exact) mass is 258 g/mol. The average Bonchev–Trinajstić information content (AvgIpc) is 2.25. The van der Waals surface area contributed by atoms with Crippen LogP contribution in [0.15, 0.2) is 24.3 Å². The van der Waals surface area contributed by atoms with Gasteiger partial charge in [0.2, 0.25) is 0 Å². The number of ether oxygens (including phenoxy) is 1. The summed E-state index contributed by atoms with van der Waals surface area (Å²) < 4.78 is 31.7. The summed E-state index contributed by atoms with van der Waals surface area (Å²) in [5, 5.41) is 0. The lowest BCUT2D eigenvalue weighted by atomic mass is 10.1. The fourth-order valence-electron chi connectivity index (χ4n) is 1.48. The van der Waals surface area contributed by atoms with Crippen molar-refractivity contribution in [2.45, 2.75) is 19.8 Å². The van der Waals surface area contributed by atoms with Crippen molar-refractivity contribution < 1.29 is 17.3 Å². The highest BCUT2D eigenvalue weighted by Gasteiger charge is 2.04. The third-order valence-corrected chi connectivity index (χ3v) is 2.76. The van der Waals surface area contributed by atoms with E-state index >= 15 is 0 Å². The Morgan fingerprint density at radius 1 is 1.24 bits per heavy atom. The minimum Gasteiger partial charge on any atom is -0.494 e. The van der Waals surface area contributed by atoms with Crippen LogP contribution in [0.1, 0.15) is 18.9 Å². The molecular weight excluding hydrogens is 240 g/mol. The maximum absolute atomic E-state index is 10.8. The first-order chi connectivity index (χ1) is 8.03. The second kappa shape index (κ2) is 6.61. The zero-order chi connectivity index (χ0) is 12.7. The van der Waals surface area contributed by atoms with Crippen LogP contribution in [-0.2, 0) is 20.7 Å². The lowest BCUT2D eigenvalue weighted by Gasteiger charge is -2.09. The standard InChI is InChI=1S/C12H18O4S/c1-3-15-12-9-5-4-7-11(12)8-6-10-16-17(2,13)14/h4-5,7,9H,3,6,8,10H2,1-2H3. The van der Waals surface area contributed by atoms with Gasteiger partial charge in [-0.15, -0.1) is 0 Å². The predicted molar refractivity (Wildman–Crippen MR) is 66.7 cm³/mol. The minimum absolute atomic E-state index is 0.208. The molecule has 0 aliphatic heterocycles. The van der Waals surface area contributed by atoms with Crippen LogP contribution < -0.4 is 4.74 Å². The van der Waals surface area contributed by atoms with Gasteiger partial charge in [0.25, 0.3) is 10.1 Å². The number of aryl methyl sites for hydroxylation is 1. The molecule has 0 aromatic heterocycles. The Hall–Kier alpha value is -1.07. The molecule has 0 radical (unpaired) electrons. The third-order valence-electron chi connectivity index (χ3n) is 2.16. The second-order valence-electron chi connectivity index (χ2n) is 3.67. The Balaban J connectivity index is 2.46. The summed E-state index contributed by atoms with van der Waals surface area (Å²) in [6, 6.07) is 7.75. The van der Waals surface area contributed by atoms with E-state index in [0.717, 1.165) is 24.0 Å². The van der Waals surface area contributed by atoms with Gasteiger partial charge in [-0.05, 0) is 31.4 Å². The molecule has 1 rings (SSSR count). The normalized spacial score (nSPS) is 11.4. The predicted octanol–water partition coefficient (Wildman–Crippen LogP) is 1.99. The van der Waals surface area contributed by atoms with Crippen molar-refractivity contribution in [3.63, 3.8) is 0 Å². The number of benzene rings is 1. The van der Waals surface area contributed by atoms with Crippen molar-refractivity contribution in [3.8, 4) is 5.75 Å². The van der Waals surface area contributed by atoms with E-state index in [2.05, 4.69) is 4.18 Å². The highest BCUT2D eigenvalue weighted by Crippen LogP contribution is 2.19. The van der Waals surface area contributed by atoms with Crippen LogP contribution in [0.3, 0.4) is 0 Å². The van der Waals surface area contributed by atoms with Crippen LogP contribution in [0.4, 0.5) is 0 Å². The quantitative estimate of drug-likeness (QED) is 0.554. The van der Waals surface area contributed by atoms with Crippen LogP contribution in [0.5, 0.6) is 5.75 Å². The van der Waals surface area contributed by atoms with Gasteiger partial charge in [0.15, 0.2) is 0 Å². The van der Waals surface area contributed by atoms with E-state index in [-0.39, 0.29) is 6.61 Å². The van der Waals surface area contributed by atoms with Crippen molar-refractivity contribution >= 4 is 10.1 Å². The topological polar surface area (TPSA) is 52.6 Å². The molecule has 5 heteroatoms. The molecule has 96 valence electrons. The lowest BCUT2D eigenvalue weighted by molar-refractivity contribution is 0.312. The van der Waals surface area contributed by atoms with Crippen LogP contribution in [-0.4, -0.2) is 27.9 Å². The molecular formula is C12H18O4S. The van der Waals surface area contributed by atoms with E-state index in [1.807, 2.05) is 31.2 Å². The van der Waals surface area contributed by atoms with Gasteiger partial charge in [-0.1, -0.05) is 18.2 Å². The van der Waals surface area contributed by atoms with Gasteiger partial charge < -0.3 is 4.74 Å². The van der Waals surface area contributed by atoms with Crippen molar-refractivity contribution in [3.05, 3.63) is 29.8 Å². The molecule has 0 aliphatic rings. The molecule has 0 saturated heterocycles. The Kier molecular flexibility index (Phi) is 5.44. The van der Waals surface area contributed by atoms with E-state index in [4.69, 9.17) is 4.74 Å². The van der Waals surface area contributed by atoms with Gasteiger partial charge >= 0.3 is 0 Å². The van der Waals surface area contributed by atoms with E-state index in [1.165, 1.54) is 0 Å². The molecule has 0 aliphatic carbocycles. The molecule has 0 atom stereocenters. The number of para-hydroxylation sites is 1. The molecule has 0 unspecified atom stereocenters. The number of hydrogen-bond acceptors (Lipinski definition) is 4. The largest absolute Gasteiger partial charge is 0.494 e. The van der Waals surface area contributed by atoms with E-state index in [0.29, 0.717) is 13.0 Å². The summed E-state index contributed by atoms with van der Waals surface area (Å²) in [4.78, 5) is 0. The van der Waals surface area contributed by atoms with Gasteiger partial charge in [-0.2, -0.15) is 8.42 Å². The Morgan fingerprint density at radius 3 is 2.59 bits per heavy atom. The summed E-state index contributed by atoms with van der Waals surface area (Å²) in [6.07, 6.45) is 2.45. The summed E-state index contributed by atoms with van der Waals surface area (Å²) in [6.45, 7) is 2.76. The van der Waals surface area contributed by atoms with Gasteiger partial charge in [0.1, 0.15) is 5.75 Å². The molecule has 0 saturated carbocycles. The lowest BCUT2D eigenvalue weighted by Crippen LogP contribution is -2.05. The molecule has 4 nitrogen and oxygen atoms in total. The van der Waals surface area contributed by atoms with Gasteiger partial charge in [-0.25, -0.2) is 0 Å². The maximum atomic E-state index is 10.8. The number of rotatable bonds is 7. The first-order valence-corrected chi connectivity index (χ1v) is 7.39. The Bertz CT molecular complexity index is 440. The fraction of sp³-hybridized carbons (Fsp3) is 0.500. The third kappa shape index (κ3) is 5.70. The molecule has 1 aromatic rings. The van der Waals surface area contributed by atoms with Gasteiger partial charge in [0, 0.05) is 0 Å².